The third-order valence-corrected chi connectivity index (χ3v) is 4.45. The first kappa shape index (κ1) is 18.2. The van der Waals surface area contributed by atoms with E-state index in [9.17, 15) is 10.1 Å². The average molecular weight is 355 g/mol. The van der Waals surface area contributed by atoms with Crippen LogP contribution in [0.15, 0.2) is 72.3 Å². The topological polar surface area (TPSA) is 57.8 Å². The van der Waals surface area contributed by atoms with Gasteiger partial charge in [-0.1, -0.05) is 48.5 Å². The largest absolute Gasteiger partial charge is 0.347 e. The minimum Gasteiger partial charge on any atom is -0.347 e. The molecule has 27 heavy (non-hydrogen) atoms. The van der Waals surface area contributed by atoms with Gasteiger partial charge in [-0.3, -0.25) is 4.79 Å². The molecular formula is C23H21N3O. The smallest absolute Gasteiger partial charge is 0.262 e. The number of carbonyl (C=O) groups excluding carboxylic acids is 1. The van der Waals surface area contributed by atoms with E-state index in [4.69, 9.17) is 0 Å². The molecule has 0 aliphatic carbocycles. The van der Waals surface area contributed by atoms with E-state index in [-0.39, 0.29) is 11.5 Å². The summed E-state index contributed by atoms with van der Waals surface area (Å²) in [6.07, 6.45) is 1.65. The van der Waals surface area contributed by atoms with E-state index in [1.54, 1.807) is 6.08 Å². The molecule has 4 heteroatoms. The molecule has 2 aromatic carbocycles. The number of hydrogen-bond acceptors (Lipinski definition) is 2. The Kier molecular flexibility index (Phi) is 5.53. The van der Waals surface area contributed by atoms with Crippen molar-refractivity contribution in [3.8, 4) is 11.8 Å². The highest BCUT2D eigenvalue weighted by Gasteiger charge is 2.13. The molecule has 1 heterocycles. The zero-order valence-corrected chi connectivity index (χ0v) is 15.4. The maximum atomic E-state index is 12.4. The number of para-hydroxylation sites is 1. The molecule has 0 aliphatic heterocycles. The van der Waals surface area contributed by atoms with Crippen LogP contribution in [0.25, 0.3) is 11.8 Å². The average Bonchev–Trinajstić information content (AvgIpc) is 2.98. The van der Waals surface area contributed by atoms with E-state index in [1.807, 2.05) is 86.6 Å². The van der Waals surface area contributed by atoms with Gasteiger partial charge in [-0.05, 0) is 49.2 Å². The van der Waals surface area contributed by atoms with Gasteiger partial charge < -0.3 is 9.88 Å². The van der Waals surface area contributed by atoms with Crippen molar-refractivity contribution in [3.05, 3.63) is 94.8 Å². The van der Waals surface area contributed by atoms with E-state index in [2.05, 4.69) is 9.88 Å². The first-order chi connectivity index (χ1) is 13.1. The lowest BCUT2D eigenvalue weighted by molar-refractivity contribution is -0.117. The van der Waals surface area contributed by atoms with Gasteiger partial charge in [0.05, 0.1) is 0 Å². The summed E-state index contributed by atoms with van der Waals surface area (Å²) < 4.78 is 2.11. The Morgan fingerprint density at radius 3 is 2.33 bits per heavy atom. The third-order valence-electron chi connectivity index (χ3n) is 4.45. The van der Waals surface area contributed by atoms with Gasteiger partial charge in [-0.15, -0.1) is 0 Å². The molecule has 1 aromatic heterocycles. The van der Waals surface area contributed by atoms with Gasteiger partial charge in [0, 0.05) is 23.6 Å². The van der Waals surface area contributed by atoms with Crippen LogP contribution in [0.3, 0.4) is 0 Å². The molecule has 0 atom stereocenters. The molecule has 3 aromatic rings. The zero-order chi connectivity index (χ0) is 19.2. The fourth-order valence-corrected chi connectivity index (χ4v) is 3.09. The molecule has 0 aliphatic rings. The van der Waals surface area contributed by atoms with E-state index < -0.39 is 0 Å². The summed E-state index contributed by atoms with van der Waals surface area (Å²) in [6.45, 7) is 4.39. The second kappa shape index (κ2) is 8.20. The lowest BCUT2D eigenvalue weighted by atomic mass is 10.1. The number of nitrogens with one attached hydrogen (secondary N) is 1. The van der Waals surface area contributed by atoms with Crippen LogP contribution in [0.2, 0.25) is 0 Å². The molecule has 4 nitrogen and oxygen atoms in total. The number of benzene rings is 2. The van der Waals surface area contributed by atoms with Gasteiger partial charge in [-0.2, -0.15) is 5.26 Å². The molecule has 0 bridgehead atoms. The summed E-state index contributed by atoms with van der Waals surface area (Å²) in [4.78, 5) is 12.4. The molecule has 0 spiro atoms. The first-order valence-corrected chi connectivity index (χ1v) is 8.78. The van der Waals surface area contributed by atoms with Crippen LogP contribution in [0, 0.1) is 25.2 Å². The molecular weight excluding hydrogens is 334 g/mol. The Morgan fingerprint density at radius 1 is 1.07 bits per heavy atom. The number of nitrogens with zero attached hydrogens (tertiary/aromatic N) is 2. The summed E-state index contributed by atoms with van der Waals surface area (Å²) in [5.41, 5.74) is 5.04. The van der Waals surface area contributed by atoms with Gasteiger partial charge in [0.1, 0.15) is 11.6 Å². The Hall–Kier alpha value is -3.58. The highest BCUT2D eigenvalue weighted by molar-refractivity contribution is 6.01. The van der Waals surface area contributed by atoms with Crippen molar-refractivity contribution in [3.63, 3.8) is 0 Å². The Bertz CT molecular complexity index is 1010. The second-order valence-electron chi connectivity index (χ2n) is 6.34. The molecule has 3 rings (SSSR count). The molecule has 1 amide bonds. The van der Waals surface area contributed by atoms with Gasteiger partial charge in [-0.25, -0.2) is 0 Å². The van der Waals surface area contributed by atoms with Gasteiger partial charge >= 0.3 is 0 Å². The van der Waals surface area contributed by atoms with E-state index in [1.165, 1.54) is 0 Å². The SMILES string of the molecule is Cc1cc(/C=C(/C#N)C(=O)NCc2ccccc2)c(C)n1-c1ccccc1. The molecule has 1 N–H and O–H groups in total. The normalized spacial score (nSPS) is 11.1. The predicted molar refractivity (Wildman–Crippen MR) is 107 cm³/mol. The van der Waals surface area contributed by atoms with Crippen LogP contribution in [0.1, 0.15) is 22.5 Å². The number of amides is 1. The van der Waals surface area contributed by atoms with Crippen molar-refractivity contribution < 1.29 is 4.79 Å². The minimum atomic E-state index is -0.370. The number of hydrogen-bond donors (Lipinski definition) is 1. The lowest BCUT2D eigenvalue weighted by Crippen LogP contribution is -2.23. The minimum absolute atomic E-state index is 0.0965. The monoisotopic (exact) mass is 355 g/mol. The molecule has 0 saturated heterocycles. The van der Waals surface area contributed by atoms with Crippen molar-refractivity contribution >= 4 is 12.0 Å². The zero-order valence-electron chi connectivity index (χ0n) is 15.4. The highest BCUT2D eigenvalue weighted by Crippen LogP contribution is 2.22. The Morgan fingerprint density at radius 2 is 1.70 bits per heavy atom. The number of carbonyl (C=O) groups is 1. The maximum absolute atomic E-state index is 12.4. The first-order valence-electron chi connectivity index (χ1n) is 8.78. The standard InChI is InChI=1S/C23H21N3O/c1-17-13-20(18(2)26(17)22-11-7-4-8-12-22)14-21(15-24)23(27)25-16-19-9-5-3-6-10-19/h3-14H,16H2,1-2H3,(H,25,27)/b21-14-. The summed E-state index contributed by atoms with van der Waals surface area (Å²) in [6, 6.07) is 23.7. The van der Waals surface area contributed by atoms with E-state index in [0.717, 1.165) is 28.2 Å². The number of rotatable bonds is 5. The molecule has 134 valence electrons. The molecule has 0 fully saturated rings. The van der Waals surface area contributed by atoms with Crippen molar-refractivity contribution in [1.29, 1.82) is 5.26 Å². The van der Waals surface area contributed by atoms with E-state index >= 15 is 0 Å². The van der Waals surface area contributed by atoms with Gasteiger partial charge in [0.25, 0.3) is 5.91 Å². The van der Waals surface area contributed by atoms with Crippen LogP contribution < -0.4 is 5.32 Å². The summed E-state index contributed by atoms with van der Waals surface area (Å²) in [5, 5.41) is 12.3. The molecule has 0 radical (unpaired) electrons. The highest BCUT2D eigenvalue weighted by atomic mass is 16.1. The fourth-order valence-electron chi connectivity index (χ4n) is 3.09. The quantitative estimate of drug-likeness (QED) is 0.547. The van der Waals surface area contributed by atoms with Crippen molar-refractivity contribution in [1.82, 2.24) is 9.88 Å². The summed E-state index contributed by atoms with van der Waals surface area (Å²) in [5.74, 6) is -0.370. The number of aryl methyl sites for hydroxylation is 1. The maximum Gasteiger partial charge on any atom is 0.262 e. The van der Waals surface area contributed by atoms with Crippen LogP contribution in [-0.2, 0) is 11.3 Å². The van der Waals surface area contributed by atoms with Crippen molar-refractivity contribution in [2.75, 3.05) is 0 Å². The van der Waals surface area contributed by atoms with Crippen LogP contribution in [-0.4, -0.2) is 10.5 Å². The van der Waals surface area contributed by atoms with Gasteiger partial charge in [0.15, 0.2) is 0 Å². The number of aromatic nitrogens is 1. The summed E-state index contributed by atoms with van der Waals surface area (Å²) >= 11 is 0. The van der Waals surface area contributed by atoms with Crippen LogP contribution in [0.4, 0.5) is 0 Å². The van der Waals surface area contributed by atoms with Gasteiger partial charge in [0.2, 0.25) is 0 Å². The lowest BCUT2D eigenvalue weighted by Gasteiger charge is -2.09. The fraction of sp³-hybridized carbons (Fsp3) is 0.130. The molecule has 0 saturated carbocycles. The van der Waals surface area contributed by atoms with E-state index in [0.29, 0.717) is 6.54 Å². The Labute approximate surface area is 159 Å². The second-order valence-corrected chi connectivity index (χ2v) is 6.34. The van der Waals surface area contributed by atoms with Crippen molar-refractivity contribution in [2.45, 2.75) is 20.4 Å². The van der Waals surface area contributed by atoms with Crippen LogP contribution >= 0.6 is 0 Å². The summed E-state index contributed by atoms with van der Waals surface area (Å²) in [7, 11) is 0. The van der Waals surface area contributed by atoms with Crippen LogP contribution in [0.5, 0.6) is 0 Å². The Balaban J connectivity index is 1.84. The molecule has 0 unspecified atom stereocenters. The third kappa shape index (κ3) is 4.16. The predicted octanol–water partition coefficient (Wildman–Crippen LogP) is 4.32. The van der Waals surface area contributed by atoms with Crippen molar-refractivity contribution in [2.24, 2.45) is 0 Å². The number of nitriles is 1.